The first-order chi connectivity index (χ1) is 8.09. The van der Waals surface area contributed by atoms with Crippen LogP contribution < -0.4 is 5.73 Å². The average Bonchev–Trinajstić information content (AvgIpc) is 2.34. The molecule has 5 heteroatoms. The van der Waals surface area contributed by atoms with Crippen LogP contribution in [0.1, 0.15) is 24.4 Å². The van der Waals surface area contributed by atoms with E-state index in [2.05, 4.69) is 0 Å². The topological polar surface area (TPSA) is 35.2 Å². The first-order valence-electron chi connectivity index (χ1n) is 5.57. The van der Waals surface area contributed by atoms with Gasteiger partial charge in [0.05, 0.1) is 6.61 Å². The highest BCUT2D eigenvalue weighted by molar-refractivity contribution is 6.31. The standard InChI is InChI=1S/C12H14ClF2NO/c13-9-5-11(15)10(14)4-8(9)12(16)7-2-1-3-17-6-7/h4-5,7,12H,1-3,6,16H2. The molecule has 2 N–H and O–H groups in total. The second-order valence-corrected chi connectivity index (χ2v) is 4.70. The Balaban J connectivity index is 2.23. The van der Waals surface area contributed by atoms with E-state index in [0.717, 1.165) is 31.6 Å². The van der Waals surface area contributed by atoms with Gasteiger partial charge in [0, 0.05) is 23.6 Å². The molecule has 1 aromatic carbocycles. The minimum absolute atomic E-state index is 0.103. The third-order valence-corrected chi connectivity index (χ3v) is 3.43. The molecule has 94 valence electrons. The molecular formula is C12H14ClF2NO. The fraction of sp³-hybridized carbons (Fsp3) is 0.500. The van der Waals surface area contributed by atoms with Crippen LogP contribution in [0.3, 0.4) is 0 Å². The van der Waals surface area contributed by atoms with Crippen molar-refractivity contribution < 1.29 is 13.5 Å². The molecule has 0 aliphatic carbocycles. The third kappa shape index (κ3) is 2.76. The van der Waals surface area contributed by atoms with Crippen molar-refractivity contribution in [1.82, 2.24) is 0 Å². The summed E-state index contributed by atoms with van der Waals surface area (Å²) in [5.41, 5.74) is 6.48. The van der Waals surface area contributed by atoms with Gasteiger partial charge in [-0.15, -0.1) is 0 Å². The van der Waals surface area contributed by atoms with Gasteiger partial charge >= 0.3 is 0 Å². The van der Waals surface area contributed by atoms with Crippen molar-refractivity contribution in [1.29, 1.82) is 0 Å². The summed E-state index contributed by atoms with van der Waals surface area (Å²) in [6.07, 6.45) is 1.84. The average molecular weight is 262 g/mol. The molecule has 2 rings (SSSR count). The number of hydrogen-bond donors (Lipinski definition) is 1. The number of ether oxygens (including phenoxy) is 1. The maximum Gasteiger partial charge on any atom is 0.160 e. The maximum absolute atomic E-state index is 13.2. The molecule has 17 heavy (non-hydrogen) atoms. The molecule has 1 aliphatic rings. The summed E-state index contributed by atoms with van der Waals surface area (Å²) in [6.45, 7) is 1.27. The molecule has 2 unspecified atom stereocenters. The summed E-state index contributed by atoms with van der Waals surface area (Å²) in [7, 11) is 0. The number of rotatable bonds is 2. The molecule has 0 saturated carbocycles. The maximum atomic E-state index is 13.2. The summed E-state index contributed by atoms with van der Waals surface area (Å²) in [6, 6.07) is 1.63. The van der Waals surface area contributed by atoms with Crippen LogP contribution in [0.4, 0.5) is 8.78 Å². The third-order valence-electron chi connectivity index (χ3n) is 3.10. The highest BCUT2D eigenvalue weighted by Crippen LogP contribution is 2.32. The second-order valence-electron chi connectivity index (χ2n) is 4.29. The first kappa shape index (κ1) is 12.7. The van der Waals surface area contributed by atoms with Crippen LogP contribution in [-0.4, -0.2) is 13.2 Å². The van der Waals surface area contributed by atoms with Crippen molar-refractivity contribution in [2.45, 2.75) is 18.9 Å². The van der Waals surface area contributed by atoms with E-state index in [-0.39, 0.29) is 10.9 Å². The number of hydrogen-bond acceptors (Lipinski definition) is 2. The Morgan fingerprint density at radius 2 is 2.06 bits per heavy atom. The van der Waals surface area contributed by atoms with Crippen molar-refractivity contribution in [3.8, 4) is 0 Å². The Morgan fingerprint density at radius 1 is 1.35 bits per heavy atom. The Kier molecular flexibility index (Phi) is 3.97. The van der Waals surface area contributed by atoms with E-state index in [9.17, 15) is 8.78 Å². The Hall–Kier alpha value is -0.710. The van der Waals surface area contributed by atoms with E-state index < -0.39 is 17.7 Å². The summed E-state index contributed by atoms with van der Waals surface area (Å²) < 4.78 is 31.4. The van der Waals surface area contributed by atoms with Crippen LogP contribution in [0.25, 0.3) is 0 Å². The van der Waals surface area contributed by atoms with E-state index in [1.165, 1.54) is 0 Å². The van der Waals surface area contributed by atoms with Gasteiger partial charge in [-0.1, -0.05) is 11.6 Å². The van der Waals surface area contributed by atoms with Gasteiger partial charge in [-0.25, -0.2) is 8.78 Å². The zero-order valence-corrected chi connectivity index (χ0v) is 10.0. The van der Waals surface area contributed by atoms with Crippen molar-refractivity contribution in [3.63, 3.8) is 0 Å². The SMILES string of the molecule is NC(c1cc(F)c(F)cc1Cl)C1CCCOC1. The minimum Gasteiger partial charge on any atom is -0.381 e. The molecule has 0 amide bonds. The van der Waals surface area contributed by atoms with Gasteiger partial charge < -0.3 is 10.5 Å². The number of benzene rings is 1. The van der Waals surface area contributed by atoms with E-state index in [4.69, 9.17) is 22.1 Å². The van der Waals surface area contributed by atoms with Gasteiger partial charge in [-0.2, -0.15) is 0 Å². The molecule has 1 aliphatic heterocycles. The largest absolute Gasteiger partial charge is 0.381 e. The Morgan fingerprint density at radius 3 is 2.71 bits per heavy atom. The normalized spacial score (nSPS) is 22.5. The van der Waals surface area contributed by atoms with Crippen molar-refractivity contribution in [2.75, 3.05) is 13.2 Å². The highest BCUT2D eigenvalue weighted by atomic mass is 35.5. The molecular weight excluding hydrogens is 248 g/mol. The molecule has 2 nitrogen and oxygen atoms in total. The molecule has 0 spiro atoms. The van der Waals surface area contributed by atoms with E-state index in [0.29, 0.717) is 12.2 Å². The second kappa shape index (κ2) is 5.29. The summed E-state index contributed by atoms with van der Waals surface area (Å²) in [4.78, 5) is 0. The Bertz CT molecular complexity index is 408. The predicted molar refractivity (Wildman–Crippen MR) is 61.8 cm³/mol. The van der Waals surface area contributed by atoms with Crippen LogP contribution in [0.5, 0.6) is 0 Å². The fourth-order valence-corrected chi connectivity index (χ4v) is 2.37. The van der Waals surface area contributed by atoms with E-state index >= 15 is 0 Å². The molecule has 1 saturated heterocycles. The number of halogens is 3. The zero-order valence-electron chi connectivity index (χ0n) is 9.26. The number of nitrogens with two attached hydrogens (primary N) is 1. The first-order valence-corrected chi connectivity index (χ1v) is 5.95. The van der Waals surface area contributed by atoms with Gasteiger partial charge in [-0.3, -0.25) is 0 Å². The van der Waals surface area contributed by atoms with Crippen LogP contribution in [0, 0.1) is 17.6 Å². The fourth-order valence-electron chi connectivity index (χ4n) is 2.10. The molecule has 1 heterocycles. The smallest absolute Gasteiger partial charge is 0.160 e. The van der Waals surface area contributed by atoms with Gasteiger partial charge in [0.1, 0.15) is 0 Å². The van der Waals surface area contributed by atoms with Crippen LogP contribution in [0.15, 0.2) is 12.1 Å². The van der Waals surface area contributed by atoms with Crippen LogP contribution in [-0.2, 0) is 4.74 Å². The Labute approximate surface area is 104 Å². The van der Waals surface area contributed by atoms with Crippen molar-refractivity contribution >= 4 is 11.6 Å². The van der Waals surface area contributed by atoms with E-state index in [1.807, 2.05) is 0 Å². The quantitative estimate of drug-likeness (QED) is 0.831. The molecule has 0 bridgehead atoms. The predicted octanol–water partition coefficient (Wildman–Crippen LogP) is 3.04. The van der Waals surface area contributed by atoms with Gasteiger partial charge in [0.2, 0.25) is 0 Å². The summed E-state index contributed by atoms with van der Waals surface area (Å²) >= 11 is 5.89. The van der Waals surface area contributed by atoms with Gasteiger partial charge in [0.25, 0.3) is 0 Å². The summed E-state index contributed by atoms with van der Waals surface area (Å²) in [5, 5.41) is 0.168. The molecule has 0 radical (unpaired) electrons. The van der Waals surface area contributed by atoms with Crippen LogP contribution in [0.2, 0.25) is 5.02 Å². The monoisotopic (exact) mass is 261 g/mol. The minimum atomic E-state index is -0.953. The van der Waals surface area contributed by atoms with E-state index in [1.54, 1.807) is 0 Å². The lowest BCUT2D eigenvalue weighted by Gasteiger charge is -2.28. The van der Waals surface area contributed by atoms with Crippen molar-refractivity contribution in [3.05, 3.63) is 34.4 Å². The van der Waals surface area contributed by atoms with Gasteiger partial charge in [-0.05, 0) is 30.5 Å². The molecule has 1 aromatic rings. The molecule has 1 fully saturated rings. The highest BCUT2D eigenvalue weighted by Gasteiger charge is 2.25. The summed E-state index contributed by atoms with van der Waals surface area (Å²) in [5.74, 6) is -1.77. The van der Waals surface area contributed by atoms with Crippen molar-refractivity contribution in [2.24, 2.45) is 11.7 Å². The molecule has 2 atom stereocenters. The molecule has 0 aromatic heterocycles. The van der Waals surface area contributed by atoms with Gasteiger partial charge in [0.15, 0.2) is 11.6 Å². The lowest BCUT2D eigenvalue weighted by molar-refractivity contribution is 0.0447. The zero-order chi connectivity index (χ0) is 12.4. The van der Waals surface area contributed by atoms with Crippen LogP contribution >= 0.6 is 11.6 Å². The lowest BCUT2D eigenvalue weighted by Crippen LogP contribution is -2.29. The lowest BCUT2D eigenvalue weighted by atomic mass is 9.89.